The first kappa shape index (κ1) is 32.1. The maximum Gasteiger partial charge on any atom is 0.241 e. The van der Waals surface area contributed by atoms with E-state index >= 15 is 0 Å². The van der Waals surface area contributed by atoms with Gasteiger partial charge in [0.05, 0.1) is 25.0 Å². The number of nitrogens with zero attached hydrogens (tertiary/aromatic N) is 4. The van der Waals surface area contributed by atoms with Crippen LogP contribution in [0.4, 0.5) is 5.69 Å². The van der Waals surface area contributed by atoms with Gasteiger partial charge in [0.25, 0.3) is 0 Å². The lowest BCUT2D eigenvalue weighted by molar-refractivity contribution is -0.134. The van der Waals surface area contributed by atoms with E-state index in [-0.39, 0.29) is 23.3 Å². The van der Waals surface area contributed by atoms with Crippen LogP contribution in [0.15, 0.2) is 60.7 Å². The Morgan fingerprint density at radius 3 is 2.80 bits per heavy atom. The molecule has 0 N–H and O–H groups in total. The van der Waals surface area contributed by atoms with Crippen LogP contribution in [0.2, 0.25) is 0 Å². The fourth-order valence-electron chi connectivity index (χ4n) is 6.07. The zero-order valence-corrected chi connectivity index (χ0v) is 25.3. The van der Waals surface area contributed by atoms with Crippen molar-refractivity contribution in [2.24, 2.45) is 11.3 Å². The number of terminal acetylenes is 1. The summed E-state index contributed by atoms with van der Waals surface area (Å²) in [5.41, 5.74) is 1.86. The van der Waals surface area contributed by atoms with E-state index in [1.165, 1.54) is 5.57 Å². The summed E-state index contributed by atoms with van der Waals surface area (Å²) in [6, 6.07) is 4.13. The van der Waals surface area contributed by atoms with E-state index in [4.69, 9.17) is 4.74 Å². The van der Waals surface area contributed by atoms with Crippen molar-refractivity contribution in [3.63, 3.8) is 0 Å². The van der Waals surface area contributed by atoms with E-state index in [1.54, 1.807) is 18.5 Å². The van der Waals surface area contributed by atoms with Gasteiger partial charge in [-0.15, -0.1) is 12.8 Å². The summed E-state index contributed by atoms with van der Waals surface area (Å²) in [5.74, 6) is 1.78. The molecular weight excluding hydrogens is 512 g/mol. The Morgan fingerprint density at radius 1 is 1.34 bits per heavy atom. The molecule has 0 unspecified atom stereocenters. The summed E-state index contributed by atoms with van der Waals surface area (Å²) in [5, 5.41) is 0. The van der Waals surface area contributed by atoms with E-state index in [0.29, 0.717) is 19.0 Å². The van der Waals surface area contributed by atoms with Crippen LogP contribution in [0.1, 0.15) is 65.7 Å². The minimum atomic E-state index is -0.260. The fraction of sp³-hybridized carbons (Fsp3) is 0.559. The molecule has 2 atom stereocenters. The monoisotopic (exact) mass is 560 g/mol. The highest BCUT2D eigenvalue weighted by Gasteiger charge is 2.40. The molecule has 3 aliphatic rings. The minimum Gasteiger partial charge on any atom is -0.493 e. The van der Waals surface area contributed by atoms with E-state index in [9.17, 15) is 9.59 Å². The summed E-state index contributed by atoms with van der Waals surface area (Å²) < 4.78 is 5.76. The van der Waals surface area contributed by atoms with Crippen molar-refractivity contribution >= 4 is 17.5 Å². The molecule has 0 spiro atoms. The minimum absolute atomic E-state index is 0.124. The summed E-state index contributed by atoms with van der Waals surface area (Å²) in [7, 11) is 0. The van der Waals surface area contributed by atoms with Crippen molar-refractivity contribution < 1.29 is 14.3 Å². The molecule has 3 saturated heterocycles. The topological polar surface area (TPSA) is 66.0 Å². The molecule has 7 nitrogen and oxygen atoms in total. The highest BCUT2D eigenvalue weighted by molar-refractivity contribution is 5.94. The van der Waals surface area contributed by atoms with Crippen LogP contribution in [0.25, 0.3) is 0 Å². The second-order valence-electron chi connectivity index (χ2n) is 11.8. The number of hydrogen-bond acceptors (Lipinski definition) is 5. The molecular formula is C34H48N4O3. The molecule has 4 rings (SSSR count). The van der Waals surface area contributed by atoms with Crippen LogP contribution >= 0.6 is 0 Å². The molecule has 1 aromatic heterocycles. The molecule has 41 heavy (non-hydrogen) atoms. The van der Waals surface area contributed by atoms with E-state index < -0.39 is 0 Å². The highest BCUT2D eigenvalue weighted by atomic mass is 16.5. The first-order valence-corrected chi connectivity index (χ1v) is 15.0. The maximum absolute atomic E-state index is 13.7. The molecule has 0 aromatic carbocycles. The first-order chi connectivity index (χ1) is 19.8. The third kappa shape index (κ3) is 8.56. The van der Waals surface area contributed by atoms with Crippen molar-refractivity contribution in [1.29, 1.82) is 0 Å². The number of allylic oxidation sites excluding steroid dienone is 4. The molecule has 0 saturated carbocycles. The average molecular weight is 561 g/mol. The van der Waals surface area contributed by atoms with Crippen molar-refractivity contribution in [1.82, 2.24) is 14.8 Å². The van der Waals surface area contributed by atoms with Crippen LogP contribution < -0.4 is 4.90 Å². The number of unbranched alkanes of at least 4 members (excludes halogenated alkanes) is 1. The van der Waals surface area contributed by atoms with Crippen molar-refractivity contribution in [3.05, 3.63) is 60.7 Å². The van der Waals surface area contributed by atoms with Gasteiger partial charge in [-0.2, -0.15) is 0 Å². The quantitative estimate of drug-likeness (QED) is 0.311. The van der Waals surface area contributed by atoms with Crippen LogP contribution in [0, 0.1) is 24.2 Å². The number of ether oxygens (including phenoxy) is 1. The Hall–Kier alpha value is -3.37. The van der Waals surface area contributed by atoms with Crippen molar-refractivity contribution in [2.75, 3.05) is 44.2 Å². The van der Waals surface area contributed by atoms with Gasteiger partial charge in [-0.05, 0) is 61.8 Å². The average Bonchev–Trinajstić information content (AvgIpc) is 3.66. The summed E-state index contributed by atoms with van der Waals surface area (Å²) in [6.45, 7) is 14.3. The summed E-state index contributed by atoms with van der Waals surface area (Å²) in [6.07, 6.45) is 24.3. The van der Waals surface area contributed by atoms with Gasteiger partial charge < -0.3 is 14.5 Å². The second-order valence-corrected chi connectivity index (χ2v) is 11.8. The lowest BCUT2D eigenvalue weighted by Gasteiger charge is -2.29. The normalized spacial score (nSPS) is 23.8. The molecule has 222 valence electrons. The van der Waals surface area contributed by atoms with Crippen molar-refractivity contribution in [2.45, 2.75) is 71.8 Å². The van der Waals surface area contributed by atoms with E-state index in [0.717, 1.165) is 82.6 Å². The van der Waals surface area contributed by atoms with Gasteiger partial charge in [0, 0.05) is 50.3 Å². The van der Waals surface area contributed by atoms with Crippen LogP contribution in [0.5, 0.6) is 0 Å². The molecule has 3 aliphatic heterocycles. The van der Waals surface area contributed by atoms with Gasteiger partial charge in [0.15, 0.2) is 0 Å². The fourth-order valence-corrected chi connectivity index (χ4v) is 6.07. The number of likely N-dealkylation sites (tertiary alicyclic amines) is 2. The Bertz CT molecular complexity index is 1110. The Balaban J connectivity index is 0.00000226. The van der Waals surface area contributed by atoms with Gasteiger partial charge in [-0.25, -0.2) is 0 Å². The Labute approximate surface area is 247 Å². The third-order valence-electron chi connectivity index (χ3n) is 8.46. The zero-order valence-electron chi connectivity index (χ0n) is 25.3. The van der Waals surface area contributed by atoms with E-state index in [1.807, 2.05) is 41.9 Å². The Morgan fingerprint density at radius 2 is 2.15 bits per heavy atom. The lowest BCUT2D eigenvalue weighted by atomic mass is 9.92. The highest BCUT2D eigenvalue weighted by Crippen LogP contribution is 2.34. The number of carbonyl (C=O) groups is 2. The molecule has 1 aromatic rings. The smallest absolute Gasteiger partial charge is 0.241 e. The summed E-state index contributed by atoms with van der Waals surface area (Å²) in [4.78, 5) is 37.1. The molecule has 4 heterocycles. The van der Waals surface area contributed by atoms with Gasteiger partial charge >= 0.3 is 0 Å². The number of anilines is 1. The predicted molar refractivity (Wildman–Crippen MR) is 166 cm³/mol. The first-order valence-electron chi connectivity index (χ1n) is 15.0. The largest absolute Gasteiger partial charge is 0.493 e. The number of aromatic nitrogens is 1. The van der Waals surface area contributed by atoms with Crippen LogP contribution in [0.3, 0.4) is 0 Å². The van der Waals surface area contributed by atoms with Gasteiger partial charge in [-0.3, -0.25) is 19.5 Å². The number of rotatable bonds is 12. The molecule has 3 fully saturated rings. The summed E-state index contributed by atoms with van der Waals surface area (Å²) >= 11 is 0. The number of amides is 2. The van der Waals surface area contributed by atoms with Gasteiger partial charge in [-0.1, -0.05) is 45.9 Å². The van der Waals surface area contributed by atoms with Gasteiger partial charge in [0.2, 0.25) is 11.8 Å². The molecule has 0 radical (unpaired) electrons. The zero-order chi connectivity index (χ0) is 29.8. The van der Waals surface area contributed by atoms with E-state index in [2.05, 4.69) is 42.3 Å². The predicted octanol–water partition coefficient (Wildman–Crippen LogP) is 5.61. The third-order valence-corrected chi connectivity index (χ3v) is 8.46. The molecule has 2 amide bonds. The number of hydrogen-bond donors (Lipinski definition) is 0. The number of pyridine rings is 1. The molecule has 7 heteroatoms. The second kappa shape index (κ2) is 15.6. The maximum atomic E-state index is 13.7. The lowest BCUT2D eigenvalue weighted by Crippen LogP contribution is -2.44. The van der Waals surface area contributed by atoms with Gasteiger partial charge in [0.1, 0.15) is 5.76 Å². The number of carbonyl (C=O) groups excluding carboxylic acids is 2. The molecule has 0 aliphatic carbocycles. The van der Waals surface area contributed by atoms with Crippen molar-refractivity contribution in [3.8, 4) is 12.8 Å². The van der Waals surface area contributed by atoms with Crippen LogP contribution in [-0.2, 0) is 14.3 Å². The molecule has 0 bridgehead atoms. The SMILES string of the molecule is C#C.C=C/C=C1/OCC/C1=C/C[C@@H]1C[C@H](CCN2CCC(C)(C)C2=O)N(CC(=O)N(CCCC)c2cccnc2)C1. The Kier molecular flexibility index (Phi) is 12.2. The van der Waals surface area contributed by atoms with Crippen LogP contribution in [-0.4, -0.2) is 72.0 Å². The standard InChI is InChI=1S/C32H46N4O3.C2H2/c1-5-7-17-36(28-10-8-16-33-22-28)30(37)24-35-23-25(11-12-26-14-20-39-29(26)9-6-2)21-27(35)13-18-34-19-15-32(3,4)31(34)38;1-2/h6,8-10,12,16,22,25,27H,2,5,7,11,13-15,17-21,23-24H2,1,3-4H3;1-2H/b26-12-,29-9+;/t25-,27+;/m1./s1.